The number of benzene rings is 1. The van der Waals surface area contributed by atoms with Gasteiger partial charge in [-0.05, 0) is 45.0 Å². The van der Waals surface area contributed by atoms with Crippen LogP contribution >= 0.6 is 11.3 Å². The van der Waals surface area contributed by atoms with Crippen molar-refractivity contribution in [3.8, 4) is 0 Å². The maximum absolute atomic E-state index is 14.3. The van der Waals surface area contributed by atoms with E-state index in [0.29, 0.717) is 22.5 Å². The lowest BCUT2D eigenvalue weighted by Crippen LogP contribution is -2.37. The van der Waals surface area contributed by atoms with Crippen LogP contribution in [0.2, 0.25) is 0 Å². The molecule has 1 amide bonds. The lowest BCUT2D eigenvalue weighted by Gasteiger charge is -2.28. The van der Waals surface area contributed by atoms with Crippen LogP contribution in [0.1, 0.15) is 51.4 Å². The van der Waals surface area contributed by atoms with Gasteiger partial charge in [0.15, 0.2) is 5.78 Å². The van der Waals surface area contributed by atoms with E-state index < -0.39 is 0 Å². The molecule has 0 saturated carbocycles. The van der Waals surface area contributed by atoms with E-state index in [0.717, 1.165) is 25.9 Å². The fourth-order valence-corrected chi connectivity index (χ4v) is 3.96. The number of nitrogens with one attached hydrogen (secondary N) is 1. The molecule has 0 spiro atoms. The van der Waals surface area contributed by atoms with E-state index in [1.807, 2.05) is 6.07 Å². The molecular formula is C19H21FN2O2S. The van der Waals surface area contributed by atoms with Crippen molar-refractivity contribution in [3.63, 3.8) is 0 Å². The molecule has 4 nitrogen and oxygen atoms in total. The largest absolute Gasteiger partial charge is 0.350 e. The first-order valence-corrected chi connectivity index (χ1v) is 9.30. The van der Waals surface area contributed by atoms with Gasteiger partial charge in [-0.25, -0.2) is 4.39 Å². The first kappa shape index (κ1) is 17.8. The SMILES string of the molecule is CC(=O)c1cc(C(=O)NCC(c2ccccc2F)N2CCCC2)cs1. The molecule has 1 fully saturated rings. The van der Waals surface area contributed by atoms with Crippen molar-refractivity contribution in [3.05, 3.63) is 57.5 Å². The minimum Gasteiger partial charge on any atom is -0.350 e. The average Bonchev–Trinajstić information content (AvgIpc) is 3.28. The highest BCUT2D eigenvalue weighted by molar-refractivity contribution is 7.12. The first-order valence-electron chi connectivity index (χ1n) is 8.42. The van der Waals surface area contributed by atoms with Gasteiger partial charge in [-0.15, -0.1) is 11.3 Å². The van der Waals surface area contributed by atoms with Crippen LogP contribution in [0.5, 0.6) is 0 Å². The minimum atomic E-state index is -0.247. The Bertz CT molecular complexity index is 768. The lowest BCUT2D eigenvalue weighted by molar-refractivity contribution is 0.0937. The predicted molar refractivity (Wildman–Crippen MR) is 96.6 cm³/mol. The Morgan fingerprint density at radius 2 is 2.00 bits per heavy atom. The molecule has 0 radical (unpaired) electrons. The van der Waals surface area contributed by atoms with Crippen LogP contribution in [0, 0.1) is 5.82 Å². The van der Waals surface area contributed by atoms with Crippen molar-refractivity contribution in [2.24, 2.45) is 0 Å². The summed E-state index contributed by atoms with van der Waals surface area (Å²) in [6.07, 6.45) is 2.18. The summed E-state index contributed by atoms with van der Waals surface area (Å²) in [6, 6.07) is 8.16. The first-order chi connectivity index (χ1) is 12.1. The number of thiophene rings is 1. The molecule has 2 heterocycles. The Kier molecular flexibility index (Phi) is 5.60. The fraction of sp³-hybridized carbons (Fsp3) is 0.368. The number of hydrogen-bond donors (Lipinski definition) is 1. The van der Waals surface area contributed by atoms with Crippen LogP contribution in [0.4, 0.5) is 4.39 Å². The zero-order valence-corrected chi connectivity index (χ0v) is 14.9. The van der Waals surface area contributed by atoms with Crippen LogP contribution in [0.25, 0.3) is 0 Å². The van der Waals surface area contributed by atoms with Gasteiger partial charge in [0, 0.05) is 17.5 Å². The Balaban J connectivity index is 1.73. The molecular weight excluding hydrogens is 339 g/mol. The summed E-state index contributed by atoms with van der Waals surface area (Å²) < 4.78 is 14.3. The summed E-state index contributed by atoms with van der Waals surface area (Å²) in [6.45, 7) is 3.63. The van der Waals surface area contributed by atoms with Crippen molar-refractivity contribution >= 4 is 23.0 Å². The molecule has 6 heteroatoms. The number of Topliss-reactive ketones (excluding diaryl/α,β-unsaturated/α-hetero) is 1. The summed E-state index contributed by atoms with van der Waals surface area (Å²) in [4.78, 5) is 26.5. The fourth-order valence-electron chi connectivity index (χ4n) is 3.17. The maximum atomic E-state index is 14.3. The number of carbonyl (C=O) groups excluding carboxylic acids is 2. The Hall–Kier alpha value is -2.05. The zero-order chi connectivity index (χ0) is 17.8. The number of ketones is 1. The number of carbonyl (C=O) groups is 2. The average molecular weight is 360 g/mol. The number of rotatable bonds is 6. The normalized spacial score (nSPS) is 15.9. The van der Waals surface area contributed by atoms with Gasteiger partial charge >= 0.3 is 0 Å². The van der Waals surface area contributed by atoms with Crippen molar-refractivity contribution in [1.29, 1.82) is 0 Å². The van der Waals surface area contributed by atoms with Gasteiger partial charge in [-0.3, -0.25) is 14.5 Å². The molecule has 1 aromatic heterocycles. The molecule has 1 N–H and O–H groups in total. The topological polar surface area (TPSA) is 49.4 Å². The maximum Gasteiger partial charge on any atom is 0.252 e. The van der Waals surface area contributed by atoms with E-state index in [-0.39, 0.29) is 23.5 Å². The second kappa shape index (κ2) is 7.89. The van der Waals surface area contributed by atoms with E-state index >= 15 is 0 Å². The van der Waals surface area contributed by atoms with E-state index in [1.54, 1.807) is 23.6 Å². The van der Waals surface area contributed by atoms with E-state index in [1.165, 1.54) is 24.3 Å². The standard InChI is InChI=1S/C19H21FN2O2S/c1-13(23)18-10-14(12-25-18)19(24)21-11-17(22-8-4-5-9-22)15-6-2-3-7-16(15)20/h2-3,6-7,10,12,17H,4-5,8-9,11H2,1H3,(H,21,24). The summed E-state index contributed by atoms with van der Waals surface area (Å²) in [5.74, 6) is -0.530. The van der Waals surface area contributed by atoms with Crippen LogP contribution < -0.4 is 5.32 Å². The second-order valence-electron chi connectivity index (χ2n) is 6.25. The summed E-state index contributed by atoms with van der Waals surface area (Å²) >= 11 is 1.26. The highest BCUT2D eigenvalue weighted by Gasteiger charge is 2.26. The summed E-state index contributed by atoms with van der Waals surface area (Å²) in [5.41, 5.74) is 1.09. The van der Waals surface area contributed by atoms with Crippen molar-refractivity contribution in [1.82, 2.24) is 10.2 Å². The Morgan fingerprint density at radius 3 is 2.64 bits per heavy atom. The molecule has 1 unspecified atom stereocenters. The molecule has 25 heavy (non-hydrogen) atoms. The smallest absolute Gasteiger partial charge is 0.252 e. The second-order valence-corrected chi connectivity index (χ2v) is 7.16. The van der Waals surface area contributed by atoms with Crippen molar-refractivity contribution < 1.29 is 14.0 Å². The zero-order valence-electron chi connectivity index (χ0n) is 14.1. The molecule has 3 rings (SSSR count). The minimum absolute atomic E-state index is 0.0506. The lowest BCUT2D eigenvalue weighted by atomic mass is 10.0. The number of hydrogen-bond acceptors (Lipinski definition) is 4. The molecule has 1 saturated heterocycles. The number of amides is 1. The third-order valence-corrected chi connectivity index (χ3v) is 5.54. The third-order valence-electron chi connectivity index (χ3n) is 4.51. The monoisotopic (exact) mass is 360 g/mol. The van der Waals surface area contributed by atoms with Gasteiger partial charge in [0.25, 0.3) is 5.91 Å². The highest BCUT2D eigenvalue weighted by atomic mass is 32.1. The molecule has 2 aromatic rings. The predicted octanol–water partition coefficient (Wildman–Crippen LogP) is 3.66. The van der Waals surface area contributed by atoms with Crippen molar-refractivity contribution in [2.75, 3.05) is 19.6 Å². The molecule has 1 aliphatic rings. The van der Waals surface area contributed by atoms with Gasteiger partial charge in [0.2, 0.25) is 0 Å². The van der Waals surface area contributed by atoms with Gasteiger partial charge in [0.05, 0.1) is 16.5 Å². The van der Waals surface area contributed by atoms with Gasteiger partial charge in [0.1, 0.15) is 5.82 Å². The number of nitrogens with zero attached hydrogens (tertiary/aromatic N) is 1. The van der Waals surface area contributed by atoms with Crippen LogP contribution in [-0.4, -0.2) is 36.2 Å². The van der Waals surface area contributed by atoms with E-state index in [4.69, 9.17) is 0 Å². The van der Waals surface area contributed by atoms with E-state index in [2.05, 4.69) is 10.2 Å². The van der Waals surface area contributed by atoms with E-state index in [9.17, 15) is 14.0 Å². The highest BCUT2D eigenvalue weighted by Crippen LogP contribution is 2.26. The Morgan fingerprint density at radius 1 is 1.28 bits per heavy atom. The molecule has 0 bridgehead atoms. The molecule has 1 atom stereocenters. The van der Waals surface area contributed by atoms with Crippen LogP contribution in [0.15, 0.2) is 35.7 Å². The van der Waals surface area contributed by atoms with Crippen LogP contribution in [0.3, 0.4) is 0 Å². The van der Waals surface area contributed by atoms with Crippen LogP contribution in [-0.2, 0) is 0 Å². The molecule has 1 aliphatic heterocycles. The number of likely N-dealkylation sites (tertiary alicyclic amines) is 1. The van der Waals surface area contributed by atoms with Crippen molar-refractivity contribution in [2.45, 2.75) is 25.8 Å². The number of halogens is 1. The third kappa shape index (κ3) is 4.14. The molecule has 0 aliphatic carbocycles. The Labute approximate surface area is 150 Å². The molecule has 132 valence electrons. The van der Waals surface area contributed by atoms with Gasteiger partial charge in [-0.2, -0.15) is 0 Å². The molecule has 1 aromatic carbocycles. The quantitative estimate of drug-likeness (QED) is 0.800. The van der Waals surface area contributed by atoms with Gasteiger partial charge in [-0.1, -0.05) is 18.2 Å². The summed E-state index contributed by atoms with van der Waals surface area (Å²) in [5, 5.41) is 4.58. The summed E-state index contributed by atoms with van der Waals surface area (Å²) in [7, 11) is 0. The van der Waals surface area contributed by atoms with Gasteiger partial charge < -0.3 is 5.32 Å².